The molecule has 1 fully saturated rings. The van der Waals surface area contributed by atoms with E-state index in [2.05, 4.69) is 55.0 Å². The molecule has 3 heterocycles. The van der Waals surface area contributed by atoms with Crippen LogP contribution in [-0.2, 0) is 4.79 Å². The average molecular weight is 1270 g/mol. The second-order valence-electron chi connectivity index (χ2n) is 25.4. The number of unbranched alkanes of at least 4 members (excludes halogenated alkanes) is 7. The predicted molar refractivity (Wildman–Crippen MR) is 369 cm³/mol. The number of rotatable bonds is 31. The number of ether oxygens (including phenoxy) is 5. The van der Waals surface area contributed by atoms with Crippen molar-refractivity contribution in [2.75, 3.05) is 40.5 Å². The molecule has 6 aromatic rings. The number of imide groups is 3. The van der Waals surface area contributed by atoms with Crippen LogP contribution in [0.25, 0.3) is 32.3 Å². The van der Waals surface area contributed by atoms with Gasteiger partial charge in [0.1, 0.15) is 28.7 Å². The first-order valence-electron chi connectivity index (χ1n) is 34.7. The molecule has 6 aromatic carbocycles. The summed E-state index contributed by atoms with van der Waals surface area (Å²) in [5.74, 6) is 1.63. The molecule has 1 saturated carbocycles. The van der Waals surface area contributed by atoms with Crippen LogP contribution in [0.15, 0.2) is 91.5 Å². The summed E-state index contributed by atoms with van der Waals surface area (Å²) in [6.07, 6.45) is 25.4. The second kappa shape index (κ2) is 34.2. The van der Waals surface area contributed by atoms with Crippen LogP contribution < -0.4 is 23.7 Å². The van der Waals surface area contributed by atoms with E-state index in [0.717, 1.165) is 131 Å². The van der Waals surface area contributed by atoms with E-state index in [1.807, 2.05) is 48.5 Å². The quantitative estimate of drug-likeness (QED) is 0.0133. The van der Waals surface area contributed by atoms with E-state index >= 15 is 0 Å². The van der Waals surface area contributed by atoms with Crippen molar-refractivity contribution in [3.05, 3.63) is 125 Å². The van der Waals surface area contributed by atoms with E-state index in [-0.39, 0.29) is 53.2 Å². The molecule has 93 heavy (non-hydrogen) atoms. The van der Waals surface area contributed by atoms with Crippen LogP contribution in [0, 0.1) is 17.8 Å². The summed E-state index contributed by atoms with van der Waals surface area (Å²) in [4.78, 5) is 96.1. The molecule has 0 saturated heterocycles. The molecule has 1 aliphatic carbocycles. The van der Waals surface area contributed by atoms with Gasteiger partial charge in [-0.25, -0.2) is 4.79 Å². The van der Waals surface area contributed by atoms with Crippen LogP contribution in [0.4, 0.5) is 0 Å². The Kier molecular flexibility index (Phi) is 26.0. The van der Waals surface area contributed by atoms with Gasteiger partial charge in [-0.3, -0.25) is 43.5 Å². The standard InChI is InChI=1S/C28H39NO4.C26H33NO3.C24H27NO5/c1-5-8-10-11-12-18-33-24-17-15-22-25-21(14-16-23(32-4)26(24)25)27(30)29(28(22)31)19-20(7-3)13-9-6-2;1-3-5-10-18(4-2)17-27-25(28)21-14-9-13-20-23(30-19-11-7-6-8-12-19)16-15-22(24(20)21)26(27)29;1-5-8-9-15(6-2)14-25-23(27)16-10-12-18(29-4)22-19(30-20(26)7-3)13-11-17(21(16)22)24(25)28/h14-17,20H,5-13,18-19H2,1-4H3;9,13-16,18-19H,3-8,10-12,17H2,1-2H3;7,10-13,15H,3,5-6,8-9,14H2,1-2,4H3. The number of benzene rings is 6. The average Bonchev–Trinajstić information content (AvgIpc) is 0.755. The van der Waals surface area contributed by atoms with Crippen molar-refractivity contribution in [2.45, 2.75) is 196 Å². The maximum Gasteiger partial charge on any atom is 0.335 e. The van der Waals surface area contributed by atoms with Crippen LogP contribution >= 0.6 is 0 Å². The van der Waals surface area contributed by atoms with Crippen LogP contribution in [0.3, 0.4) is 0 Å². The largest absolute Gasteiger partial charge is 0.496 e. The molecule has 3 atom stereocenters. The van der Waals surface area contributed by atoms with Crippen LogP contribution in [0.2, 0.25) is 0 Å². The Hall–Kier alpha value is -8.07. The number of hydrogen-bond acceptors (Lipinski definition) is 12. The van der Waals surface area contributed by atoms with E-state index < -0.39 is 5.97 Å². The fourth-order valence-corrected chi connectivity index (χ4v) is 13.5. The van der Waals surface area contributed by atoms with Gasteiger partial charge in [-0.15, -0.1) is 0 Å². The van der Waals surface area contributed by atoms with E-state index in [0.29, 0.717) is 105 Å². The molecule has 498 valence electrons. The van der Waals surface area contributed by atoms with E-state index in [1.165, 1.54) is 60.3 Å². The minimum absolute atomic E-state index is 0.164. The van der Waals surface area contributed by atoms with Gasteiger partial charge in [-0.05, 0) is 136 Å². The predicted octanol–water partition coefficient (Wildman–Crippen LogP) is 18.1. The topological polar surface area (TPSA) is 175 Å². The lowest BCUT2D eigenvalue weighted by atomic mass is 9.91. The number of amides is 6. The molecular weight excluding hydrogens is 1170 g/mol. The van der Waals surface area contributed by atoms with E-state index in [4.69, 9.17) is 23.7 Å². The maximum atomic E-state index is 13.4. The zero-order valence-corrected chi connectivity index (χ0v) is 56.7. The van der Waals surface area contributed by atoms with Crippen molar-refractivity contribution >= 4 is 73.7 Å². The van der Waals surface area contributed by atoms with Gasteiger partial charge in [0.15, 0.2) is 0 Å². The van der Waals surface area contributed by atoms with Crippen molar-refractivity contribution in [1.82, 2.24) is 14.7 Å². The molecule has 0 bridgehead atoms. The van der Waals surface area contributed by atoms with Gasteiger partial charge < -0.3 is 23.7 Å². The summed E-state index contributed by atoms with van der Waals surface area (Å²) in [5.41, 5.74) is 3.17. The number of methoxy groups -OCH3 is 2. The lowest BCUT2D eigenvalue weighted by molar-refractivity contribution is -0.128. The fraction of sp³-hybridized carbons (Fsp3) is 0.500. The number of carbonyl (C=O) groups excluding carboxylic acids is 7. The maximum absolute atomic E-state index is 13.4. The minimum Gasteiger partial charge on any atom is -0.496 e. The first-order chi connectivity index (χ1) is 45.2. The number of esters is 1. The van der Waals surface area contributed by atoms with Crippen LogP contribution in [-0.4, -0.2) is 103 Å². The van der Waals surface area contributed by atoms with Gasteiger partial charge in [-0.1, -0.05) is 157 Å². The third-order valence-electron chi connectivity index (χ3n) is 19.1. The normalized spacial score (nSPS) is 15.4. The van der Waals surface area contributed by atoms with Crippen LogP contribution in [0.1, 0.15) is 252 Å². The molecule has 3 unspecified atom stereocenters. The van der Waals surface area contributed by atoms with Crippen molar-refractivity contribution in [1.29, 1.82) is 0 Å². The summed E-state index contributed by atoms with van der Waals surface area (Å²) < 4.78 is 28.9. The third kappa shape index (κ3) is 16.1. The Bertz CT molecular complexity index is 3590. The minimum atomic E-state index is -0.630. The van der Waals surface area contributed by atoms with Gasteiger partial charge in [0, 0.05) is 80.6 Å². The highest BCUT2D eigenvalue weighted by Gasteiger charge is 2.39. The van der Waals surface area contributed by atoms with Gasteiger partial charge in [0.05, 0.1) is 37.7 Å². The molecule has 0 aromatic heterocycles. The van der Waals surface area contributed by atoms with Crippen LogP contribution in [0.5, 0.6) is 28.7 Å². The summed E-state index contributed by atoms with van der Waals surface area (Å²) in [6, 6.07) is 23.3. The molecule has 0 N–H and O–H groups in total. The third-order valence-corrected chi connectivity index (χ3v) is 19.1. The monoisotopic (exact) mass is 1270 g/mol. The van der Waals surface area contributed by atoms with Gasteiger partial charge in [-0.2, -0.15) is 0 Å². The van der Waals surface area contributed by atoms with Crippen molar-refractivity contribution in [3.63, 3.8) is 0 Å². The lowest BCUT2D eigenvalue weighted by Gasteiger charge is -2.31. The second-order valence-corrected chi connectivity index (χ2v) is 25.4. The van der Waals surface area contributed by atoms with Crippen molar-refractivity contribution < 1.29 is 57.2 Å². The molecule has 15 nitrogen and oxygen atoms in total. The smallest absolute Gasteiger partial charge is 0.335 e. The summed E-state index contributed by atoms with van der Waals surface area (Å²) in [6.45, 7) is 20.4. The molecule has 0 spiro atoms. The van der Waals surface area contributed by atoms with E-state index in [1.54, 1.807) is 37.4 Å². The Labute approximate surface area is 550 Å². The van der Waals surface area contributed by atoms with Crippen molar-refractivity contribution in [3.8, 4) is 28.7 Å². The first kappa shape index (κ1) is 70.8. The highest BCUT2D eigenvalue weighted by molar-refractivity contribution is 6.29. The Balaban J connectivity index is 0.000000179. The molecular formula is C78H99N3O12. The summed E-state index contributed by atoms with van der Waals surface area (Å²) >= 11 is 0. The Morgan fingerprint density at radius 3 is 1.26 bits per heavy atom. The highest BCUT2D eigenvalue weighted by atomic mass is 16.5. The molecule has 3 aliphatic heterocycles. The van der Waals surface area contributed by atoms with Crippen molar-refractivity contribution in [2.24, 2.45) is 17.8 Å². The first-order valence-corrected chi connectivity index (χ1v) is 34.7. The highest BCUT2D eigenvalue weighted by Crippen LogP contribution is 2.44. The van der Waals surface area contributed by atoms with E-state index in [9.17, 15) is 33.6 Å². The Morgan fingerprint density at radius 2 is 0.839 bits per heavy atom. The SMILES string of the molecule is C=CC(=O)Oc1ccc2c3c(ccc(OC)c13)C(=O)N(CC(CC)CCCC)C2=O.CCCCC(CC)CN1C(=O)c2cccc3c(OC4CCCCC4)ccc(c23)C1=O.CCCCCCCOc1ccc2c3c(ccc(OC)c13)C(=O)N(CC(CC)CCCC)C2=O. The molecule has 10 rings (SSSR count). The van der Waals surface area contributed by atoms with Gasteiger partial charge >= 0.3 is 5.97 Å². The molecule has 4 aliphatic rings. The molecule has 0 radical (unpaired) electrons. The fourth-order valence-electron chi connectivity index (χ4n) is 13.5. The zero-order chi connectivity index (χ0) is 66.7. The molecule has 6 amide bonds. The van der Waals surface area contributed by atoms with Gasteiger partial charge in [0.2, 0.25) is 0 Å². The summed E-state index contributed by atoms with van der Waals surface area (Å²) in [7, 11) is 3.10. The number of nitrogens with zero attached hydrogens (tertiary/aromatic N) is 3. The zero-order valence-electron chi connectivity index (χ0n) is 56.7. The lowest BCUT2D eigenvalue weighted by Crippen LogP contribution is -2.43. The number of carbonyl (C=O) groups is 7. The Morgan fingerprint density at radius 1 is 0.452 bits per heavy atom. The summed E-state index contributed by atoms with van der Waals surface area (Å²) in [5, 5.41) is 3.92. The molecule has 15 heteroatoms. The number of hydrogen-bond donors (Lipinski definition) is 0. The van der Waals surface area contributed by atoms with Gasteiger partial charge in [0.25, 0.3) is 35.4 Å².